The Morgan fingerprint density at radius 2 is 2.28 bits per heavy atom. The Morgan fingerprint density at radius 1 is 1.50 bits per heavy atom. The number of nitrogens with zero attached hydrogens (tertiary/aromatic N) is 3. The Kier molecular flexibility index (Phi) is 3.26. The minimum absolute atomic E-state index is 0.0592. The number of sulfonamides is 1. The number of aliphatic hydroxyl groups excluding tert-OH is 1. The first-order chi connectivity index (χ1) is 8.54. The lowest BCUT2D eigenvalue weighted by atomic mass is 10.4. The van der Waals surface area contributed by atoms with Crippen molar-refractivity contribution in [3.63, 3.8) is 0 Å². The van der Waals surface area contributed by atoms with Crippen molar-refractivity contribution in [2.24, 2.45) is 0 Å². The van der Waals surface area contributed by atoms with Crippen molar-refractivity contribution in [2.75, 3.05) is 4.72 Å². The maximum absolute atomic E-state index is 12.1. The van der Waals surface area contributed by atoms with Crippen molar-refractivity contribution in [3.8, 4) is 0 Å². The van der Waals surface area contributed by atoms with E-state index in [4.69, 9.17) is 5.11 Å². The van der Waals surface area contributed by atoms with Gasteiger partial charge in [-0.15, -0.1) is 5.10 Å². The number of hydrogen-bond donors (Lipinski definition) is 3. The van der Waals surface area contributed by atoms with Gasteiger partial charge in [-0.1, -0.05) is 0 Å². The first kappa shape index (κ1) is 12.5. The molecule has 0 amide bonds. The van der Waals surface area contributed by atoms with Crippen molar-refractivity contribution in [1.29, 1.82) is 0 Å². The summed E-state index contributed by atoms with van der Waals surface area (Å²) in [6.07, 6.45) is 1.43. The number of aryl methyl sites for hydroxylation is 1. The number of rotatable bonds is 4. The van der Waals surface area contributed by atoms with Gasteiger partial charge in [0.2, 0.25) is 0 Å². The Labute approximate surface area is 103 Å². The minimum Gasteiger partial charge on any atom is -0.390 e. The summed E-state index contributed by atoms with van der Waals surface area (Å²) in [4.78, 5) is -0.0735. The van der Waals surface area contributed by atoms with E-state index in [0.29, 0.717) is 5.69 Å². The summed E-state index contributed by atoms with van der Waals surface area (Å²) < 4.78 is 26.5. The van der Waals surface area contributed by atoms with E-state index >= 15 is 0 Å². The summed E-state index contributed by atoms with van der Waals surface area (Å²) in [7, 11) is -3.85. The molecule has 2 aromatic rings. The summed E-state index contributed by atoms with van der Waals surface area (Å²) in [5.41, 5.74) is 0.402. The highest BCUT2D eigenvalue weighted by Crippen LogP contribution is 2.20. The SMILES string of the molecule is Cc1[nH]nc(CO)c1S(=O)(=O)Nc1cccnn1. The topological polar surface area (TPSA) is 121 Å². The molecule has 0 unspecified atom stereocenters. The Balaban J connectivity index is 2.40. The van der Waals surface area contributed by atoms with Crippen LogP contribution in [0.15, 0.2) is 23.2 Å². The van der Waals surface area contributed by atoms with Gasteiger partial charge in [0.25, 0.3) is 10.0 Å². The maximum atomic E-state index is 12.1. The summed E-state index contributed by atoms with van der Waals surface area (Å²) in [6.45, 7) is 1.08. The van der Waals surface area contributed by atoms with Crippen LogP contribution in [0.4, 0.5) is 5.82 Å². The Morgan fingerprint density at radius 3 is 2.89 bits per heavy atom. The van der Waals surface area contributed by atoms with E-state index in [9.17, 15) is 8.42 Å². The van der Waals surface area contributed by atoms with Crippen LogP contribution in [0.3, 0.4) is 0 Å². The van der Waals surface area contributed by atoms with E-state index in [1.807, 2.05) is 0 Å². The molecule has 9 heteroatoms. The van der Waals surface area contributed by atoms with Gasteiger partial charge in [0.05, 0.1) is 12.3 Å². The van der Waals surface area contributed by atoms with Crippen LogP contribution in [0.5, 0.6) is 0 Å². The lowest BCUT2D eigenvalue weighted by Crippen LogP contribution is -2.16. The highest BCUT2D eigenvalue weighted by Gasteiger charge is 2.24. The third-order valence-electron chi connectivity index (χ3n) is 2.19. The van der Waals surface area contributed by atoms with Crippen LogP contribution in [-0.2, 0) is 16.6 Å². The third kappa shape index (κ3) is 2.31. The largest absolute Gasteiger partial charge is 0.390 e. The van der Waals surface area contributed by atoms with Crippen molar-refractivity contribution < 1.29 is 13.5 Å². The normalized spacial score (nSPS) is 11.4. The lowest BCUT2D eigenvalue weighted by Gasteiger charge is -2.06. The first-order valence-electron chi connectivity index (χ1n) is 5.00. The van der Waals surface area contributed by atoms with E-state index < -0.39 is 16.6 Å². The molecular formula is C9H11N5O3S. The number of hydrogen-bond acceptors (Lipinski definition) is 6. The van der Waals surface area contributed by atoms with E-state index in [0.717, 1.165) is 0 Å². The van der Waals surface area contributed by atoms with Crippen LogP contribution in [0.1, 0.15) is 11.4 Å². The van der Waals surface area contributed by atoms with Gasteiger partial charge < -0.3 is 5.11 Å². The molecule has 0 fully saturated rings. The summed E-state index contributed by atoms with van der Waals surface area (Å²) >= 11 is 0. The molecule has 3 N–H and O–H groups in total. The zero-order chi connectivity index (χ0) is 13.2. The highest BCUT2D eigenvalue weighted by atomic mass is 32.2. The second kappa shape index (κ2) is 4.70. The van der Waals surface area contributed by atoms with E-state index in [1.54, 1.807) is 13.0 Å². The molecule has 18 heavy (non-hydrogen) atoms. The summed E-state index contributed by atoms with van der Waals surface area (Å²) in [5, 5.41) is 22.5. The highest BCUT2D eigenvalue weighted by molar-refractivity contribution is 7.92. The second-order valence-corrected chi connectivity index (χ2v) is 5.12. The van der Waals surface area contributed by atoms with Crippen molar-refractivity contribution >= 4 is 15.8 Å². The number of H-pyrrole nitrogens is 1. The third-order valence-corrected chi connectivity index (χ3v) is 3.75. The molecule has 96 valence electrons. The fraction of sp³-hybridized carbons (Fsp3) is 0.222. The molecule has 2 heterocycles. The van der Waals surface area contributed by atoms with Gasteiger partial charge in [0, 0.05) is 6.20 Å². The molecule has 8 nitrogen and oxygen atoms in total. The average molecular weight is 269 g/mol. The van der Waals surface area contributed by atoms with E-state index in [-0.39, 0.29) is 16.4 Å². The predicted molar refractivity (Wildman–Crippen MR) is 62.1 cm³/mol. The quantitative estimate of drug-likeness (QED) is 0.707. The predicted octanol–water partition coefficient (Wildman–Crippen LogP) is -0.199. The van der Waals surface area contributed by atoms with Gasteiger partial charge in [0.15, 0.2) is 5.82 Å². The molecule has 0 aliphatic rings. The number of anilines is 1. The number of aromatic nitrogens is 4. The van der Waals surface area contributed by atoms with Crippen LogP contribution >= 0.6 is 0 Å². The first-order valence-corrected chi connectivity index (χ1v) is 6.48. The van der Waals surface area contributed by atoms with Crippen LogP contribution in [0, 0.1) is 6.92 Å². The molecule has 2 rings (SSSR count). The molecule has 0 aromatic carbocycles. The van der Waals surface area contributed by atoms with E-state index in [2.05, 4.69) is 25.1 Å². The minimum atomic E-state index is -3.85. The molecule has 0 radical (unpaired) electrons. The van der Waals surface area contributed by atoms with Crippen LogP contribution in [0.2, 0.25) is 0 Å². The van der Waals surface area contributed by atoms with Gasteiger partial charge in [-0.05, 0) is 19.1 Å². The fourth-order valence-electron chi connectivity index (χ4n) is 1.48. The average Bonchev–Trinajstić information content (AvgIpc) is 2.72. The standard InChI is InChI=1S/C9H11N5O3S/c1-6-9(7(5-15)12-11-6)18(16,17)14-8-3-2-4-10-13-8/h2-4,15H,5H2,1H3,(H,11,12)(H,13,14). The number of aromatic amines is 1. The molecule has 0 bridgehead atoms. The Hall–Kier alpha value is -2.00. The molecule has 2 aromatic heterocycles. The number of nitrogens with one attached hydrogen (secondary N) is 2. The van der Waals surface area contributed by atoms with Gasteiger partial charge >= 0.3 is 0 Å². The summed E-state index contributed by atoms with van der Waals surface area (Å²) in [5.74, 6) is 0.0991. The number of aliphatic hydroxyl groups is 1. The van der Waals surface area contributed by atoms with Gasteiger partial charge in [-0.3, -0.25) is 9.82 Å². The molecule has 0 saturated heterocycles. The maximum Gasteiger partial charge on any atom is 0.266 e. The molecule has 0 saturated carbocycles. The Bertz CT molecular complexity index is 637. The smallest absolute Gasteiger partial charge is 0.266 e. The second-order valence-electron chi connectivity index (χ2n) is 3.50. The van der Waals surface area contributed by atoms with Gasteiger partial charge in [-0.25, -0.2) is 8.42 Å². The molecule has 0 spiro atoms. The van der Waals surface area contributed by atoms with Crippen LogP contribution in [0.25, 0.3) is 0 Å². The van der Waals surface area contributed by atoms with Crippen molar-refractivity contribution in [1.82, 2.24) is 20.4 Å². The summed E-state index contributed by atoms with van der Waals surface area (Å²) in [6, 6.07) is 3.03. The molecule has 0 aliphatic carbocycles. The van der Waals surface area contributed by atoms with Crippen LogP contribution in [-0.4, -0.2) is 33.9 Å². The van der Waals surface area contributed by atoms with Crippen molar-refractivity contribution in [3.05, 3.63) is 29.7 Å². The zero-order valence-electron chi connectivity index (χ0n) is 9.45. The van der Waals surface area contributed by atoms with E-state index in [1.165, 1.54) is 12.3 Å². The molecule has 0 atom stereocenters. The molecule has 0 aliphatic heterocycles. The monoisotopic (exact) mass is 269 g/mol. The van der Waals surface area contributed by atoms with Gasteiger partial charge in [0.1, 0.15) is 10.6 Å². The lowest BCUT2D eigenvalue weighted by molar-refractivity contribution is 0.273. The fourth-order valence-corrected chi connectivity index (χ4v) is 2.83. The van der Waals surface area contributed by atoms with Crippen molar-refractivity contribution in [2.45, 2.75) is 18.4 Å². The molecular weight excluding hydrogens is 258 g/mol. The van der Waals surface area contributed by atoms with Crippen LogP contribution < -0.4 is 4.72 Å². The van der Waals surface area contributed by atoms with Gasteiger partial charge in [-0.2, -0.15) is 10.2 Å². The zero-order valence-corrected chi connectivity index (χ0v) is 10.3.